The number of carbonyl (C=O) groups is 3. The molecule has 0 aromatic carbocycles. The molecule has 0 saturated heterocycles. The second-order valence-corrected chi connectivity index (χ2v) is 10.6. The van der Waals surface area contributed by atoms with Gasteiger partial charge in [-0.2, -0.15) is 0 Å². The molecule has 2 heterocycles. The second-order valence-electron chi connectivity index (χ2n) is 10.6. The van der Waals surface area contributed by atoms with Gasteiger partial charge in [-0.25, -0.2) is 19.4 Å². The van der Waals surface area contributed by atoms with E-state index in [0.29, 0.717) is 17.9 Å². The third kappa shape index (κ3) is 10.6. The molecule has 0 aliphatic heterocycles. The molecule has 2 rings (SSSR count). The van der Waals surface area contributed by atoms with E-state index in [1.165, 1.54) is 12.0 Å². The number of carbonyl (C=O) groups excluding carboxylic acids is 3. The summed E-state index contributed by atoms with van der Waals surface area (Å²) in [6.45, 7) is 10.7. The van der Waals surface area contributed by atoms with Gasteiger partial charge in [0.25, 0.3) is 0 Å². The molecule has 0 fully saturated rings. The molecule has 0 aliphatic carbocycles. The van der Waals surface area contributed by atoms with E-state index in [1.54, 1.807) is 46.1 Å². The van der Waals surface area contributed by atoms with Gasteiger partial charge in [-0.15, -0.1) is 0 Å². The number of methoxy groups -OCH3 is 1. The van der Waals surface area contributed by atoms with E-state index >= 15 is 0 Å². The zero-order chi connectivity index (χ0) is 28.5. The number of rotatable bonds is 8. The van der Waals surface area contributed by atoms with Gasteiger partial charge in [0.15, 0.2) is 0 Å². The third-order valence-corrected chi connectivity index (χ3v) is 4.88. The number of hydrogen-bond donors (Lipinski definition) is 1. The number of aromatic nitrogens is 2. The van der Waals surface area contributed by atoms with Crippen molar-refractivity contribution in [2.45, 2.75) is 71.6 Å². The third-order valence-electron chi connectivity index (χ3n) is 4.88. The molecule has 0 unspecified atom stereocenters. The number of nitrogens with one attached hydrogen (secondary N) is 1. The Labute approximate surface area is 224 Å². The van der Waals surface area contributed by atoms with Crippen molar-refractivity contribution in [2.24, 2.45) is 0 Å². The van der Waals surface area contributed by atoms with Crippen molar-refractivity contribution in [3.8, 4) is 0 Å². The maximum Gasteiger partial charge on any atom is 0.415 e. The maximum absolute atomic E-state index is 12.3. The summed E-state index contributed by atoms with van der Waals surface area (Å²) < 4.78 is 15.4. The number of ether oxygens (including phenoxy) is 3. The lowest BCUT2D eigenvalue weighted by Gasteiger charge is -2.24. The summed E-state index contributed by atoms with van der Waals surface area (Å²) in [6, 6.07) is 8.18. The Morgan fingerprint density at radius 2 is 1.68 bits per heavy atom. The van der Waals surface area contributed by atoms with Gasteiger partial charge in [-0.05, 0) is 65.3 Å². The molecule has 38 heavy (non-hydrogen) atoms. The number of hydrogen-bond acceptors (Lipinski definition) is 8. The van der Waals surface area contributed by atoms with Crippen LogP contribution >= 0.6 is 0 Å². The fraction of sp³-hybridized carbons (Fsp3) is 0.464. The monoisotopic (exact) mass is 526 g/mol. The van der Waals surface area contributed by atoms with E-state index < -0.39 is 35.4 Å². The van der Waals surface area contributed by atoms with E-state index in [0.717, 1.165) is 11.3 Å². The van der Waals surface area contributed by atoms with Crippen LogP contribution in [0.1, 0.15) is 58.5 Å². The molecular weight excluding hydrogens is 488 g/mol. The van der Waals surface area contributed by atoms with Crippen LogP contribution in [0.3, 0.4) is 0 Å². The van der Waals surface area contributed by atoms with Crippen LogP contribution in [-0.4, -0.2) is 59.5 Å². The van der Waals surface area contributed by atoms with Crippen molar-refractivity contribution in [3.05, 3.63) is 59.6 Å². The highest BCUT2D eigenvalue weighted by molar-refractivity contribution is 5.86. The quantitative estimate of drug-likeness (QED) is 0.388. The molecule has 206 valence electrons. The maximum atomic E-state index is 12.3. The molecule has 2 aromatic heterocycles. The molecule has 10 nitrogen and oxygen atoms in total. The summed E-state index contributed by atoms with van der Waals surface area (Å²) in [6.07, 6.45) is 5.03. The van der Waals surface area contributed by atoms with E-state index in [2.05, 4.69) is 15.3 Å². The van der Waals surface area contributed by atoms with Crippen LogP contribution < -0.4 is 10.2 Å². The predicted octanol–water partition coefficient (Wildman–Crippen LogP) is 4.71. The van der Waals surface area contributed by atoms with Crippen molar-refractivity contribution >= 4 is 30.0 Å². The van der Waals surface area contributed by atoms with Gasteiger partial charge >= 0.3 is 18.2 Å². The van der Waals surface area contributed by atoms with Crippen molar-refractivity contribution < 1.29 is 28.6 Å². The summed E-state index contributed by atoms with van der Waals surface area (Å²) in [5.41, 5.74) is 0.956. The lowest BCUT2D eigenvalue weighted by molar-refractivity contribution is -0.143. The predicted molar refractivity (Wildman–Crippen MR) is 145 cm³/mol. The normalized spacial score (nSPS) is 12.5. The molecule has 10 heteroatoms. The fourth-order valence-corrected chi connectivity index (χ4v) is 3.16. The molecular formula is C28H38N4O6. The minimum Gasteiger partial charge on any atom is -0.467 e. The number of esters is 1. The van der Waals surface area contributed by atoms with Crippen LogP contribution in [0.25, 0.3) is 6.08 Å². The summed E-state index contributed by atoms with van der Waals surface area (Å²) >= 11 is 0. The molecule has 0 saturated carbocycles. The Hall–Kier alpha value is -3.95. The number of allylic oxidation sites excluding steroid dienone is 1. The average Bonchev–Trinajstić information content (AvgIpc) is 2.81. The Bertz CT molecular complexity index is 1130. The fourth-order valence-electron chi connectivity index (χ4n) is 3.16. The van der Waals surface area contributed by atoms with Crippen LogP contribution in [0.2, 0.25) is 0 Å². The van der Waals surface area contributed by atoms with Gasteiger partial charge < -0.3 is 19.5 Å². The van der Waals surface area contributed by atoms with Gasteiger partial charge in [-0.3, -0.25) is 9.88 Å². The van der Waals surface area contributed by atoms with E-state index in [4.69, 9.17) is 14.2 Å². The molecule has 1 N–H and O–H groups in total. The van der Waals surface area contributed by atoms with Gasteiger partial charge in [0, 0.05) is 37.5 Å². The van der Waals surface area contributed by atoms with Gasteiger partial charge in [0.2, 0.25) is 0 Å². The van der Waals surface area contributed by atoms with Gasteiger partial charge in [0.05, 0.1) is 7.11 Å². The van der Waals surface area contributed by atoms with E-state index in [1.807, 2.05) is 51.1 Å². The Kier molecular flexibility index (Phi) is 10.4. The molecule has 1 atom stereocenters. The van der Waals surface area contributed by atoms with Crippen LogP contribution in [0.15, 0.2) is 42.6 Å². The molecule has 2 amide bonds. The lowest BCUT2D eigenvalue weighted by atomic mass is 10.1. The number of anilines is 1. The highest BCUT2D eigenvalue weighted by atomic mass is 16.6. The first-order chi connectivity index (χ1) is 17.7. The number of alkyl carbamates (subject to hydrolysis) is 1. The van der Waals surface area contributed by atoms with E-state index in [9.17, 15) is 14.4 Å². The van der Waals surface area contributed by atoms with Crippen LogP contribution in [0.4, 0.5) is 15.4 Å². The first-order valence-corrected chi connectivity index (χ1v) is 12.3. The van der Waals surface area contributed by atoms with Crippen molar-refractivity contribution in [1.29, 1.82) is 0 Å². The van der Waals surface area contributed by atoms with Crippen molar-refractivity contribution in [2.75, 3.05) is 19.1 Å². The van der Waals surface area contributed by atoms with Crippen molar-refractivity contribution in [1.82, 2.24) is 15.3 Å². The van der Waals surface area contributed by atoms with Crippen LogP contribution in [-0.2, 0) is 31.8 Å². The van der Waals surface area contributed by atoms with Crippen LogP contribution in [0, 0.1) is 0 Å². The summed E-state index contributed by atoms with van der Waals surface area (Å²) in [5, 5.41) is 2.54. The standard InChI is InChI=1S/C28H38N4O6/c1-27(2,3)37-25(34)31-22(24(33)36-8)17-21-16-15-19(18-29-21)11-9-12-20-13-10-14-23(30-20)32(7)26(35)38-28(4,5)6/h9-11,13-16,18,22H,12,17H2,1-8H3,(H,31,34)/b11-9+/t22-/m0/s1. The zero-order valence-electron chi connectivity index (χ0n) is 23.4. The SMILES string of the molecule is COC(=O)[C@H](Cc1ccc(/C=C/Cc2cccc(N(C)C(=O)OC(C)(C)C)n2)cn1)NC(=O)OC(C)(C)C. The number of pyridine rings is 2. The topological polar surface area (TPSA) is 120 Å². The molecule has 2 aromatic rings. The second kappa shape index (κ2) is 13.0. The number of amides is 2. The van der Waals surface area contributed by atoms with E-state index in [-0.39, 0.29) is 6.42 Å². The Balaban J connectivity index is 2.00. The van der Waals surface area contributed by atoms with Crippen molar-refractivity contribution in [3.63, 3.8) is 0 Å². The highest BCUT2D eigenvalue weighted by Crippen LogP contribution is 2.16. The van der Waals surface area contributed by atoms with Crippen LogP contribution in [0.5, 0.6) is 0 Å². The number of nitrogens with zero attached hydrogens (tertiary/aromatic N) is 3. The lowest BCUT2D eigenvalue weighted by Crippen LogP contribution is -2.45. The molecule has 0 spiro atoms. The Morgan fingerprint density at radius 1 is 1.00 bits per heavy atom. The average molecular weight is 527 g/mol. The largest absolute Gasteiger partial charge is 0.467 e. The smallest absolute Gasteiger partial charge is 0.415 e. The minimum atomic E-state index is -0.930. The molecule has 0 bridgehead atoms. The summed E-state index contributed by atoms with van der Waals surface area (Å²) in [4.78, 5) is 46.9. The minimum absolute atomic E-state index is 0.151. The summed E-state index contributed by atoms with van der Waals surface area (Å²) in [7, 11) is 2.88. The molecule has 0 radical (unpaired) electrons. The Morgan fingerprint density at radius 3 is 2.26 bits per heavy atom. The molecule has 0 aliphatic rings. The van der Waals surface area contributed by atoms with Gasteiger partial charge in [-0.1, -0.05) is 24.3 Å². The van der Waals surface area contributed by atoms with Gasteiger partial charge in [0.1, 0.15) is 23.1 Å². The first-order valence-electron chi connectivity index (χ1n) is 12.3. The zero-order valence-corrected chi connectivity index (χ0v) is 23.4. The first kappa shape index (κ1) is 30.3. The highest BCUT2D eigenvalue weighted by Gasteiger charge is 2.26. The summed E-state index contributed by atoms with van der Waals surface area (Å²) in [5.74, 6) is -0.0926.